The standard InChI is InChI=1S/Ba.3O.H4Si.Sr.Ti.W.4H/h;;;;1H4;;;;;;;/q+2;3*-2;;+2;;;4*-1. The third kappa shape index (κ3) is 46.5. The van der Waals surface area contributed by atoms with Crippen LogP contribution in [0.4, 0.5) is 0 Å². The smallest absolute Gasteiger partial charge is 2.00 e. The van der Waals surface area contributed by atoms with Gasteiger partial charge in [0.15, 0.2) is 0 Å². The van der Waals surface area contributed by atoms with E-state index in [1.165, 1.54) is 0 Å². The van der Waals surface area contributed by atoms with Crippen molar-refractivity contribution in [2.24, 2.45) is 0 Å². The Kier molecular flexibility index (Phi) is 627. The third-order valence-electron chi connectivity index (χ3n) is 0. The Morgan fingerprint density at radius 2 is 0.875 bits per heavy atom. The van der Waals surface area contributed by atoms with Crippen LogP contribution in [0.1, 0.15) is 5.71 Å². The molecular weight excluding hydrogens is 533 g/mol. The molecule has 0 heterocycles. The van der Waals surface area contributed by atoms with Crippen molar-refractivity contribution in [3.05, 3.63) is 0 Å². The Morgan fingerprint density at radius 3 is 0.875 bits per heavy atom. The monoisotopic (exact) mass is 542 g/mol. The van der Waals surface area contributed by atoms with Crippen molar-refractivity contribution >= 4 is 105 Å². The fraction of sp³-hybridized carbons (Fsp3) is 0. The van der Waals surface area contributed by atoms with Crippen LogP contribution < -0.4 is 0 Å². The molecule has 0 fully saturated rings. The largest absolute Gasteiger partial charge is 2.00 e. The van der Waals surface area contributed by atoms with Crippen molar-refractivity contribution < 1.29 is 64.9 Å². The van der Waals surface area contributed by atoms with Crippen molar-refractivity contribution in [1.82, 2.24) is 0 Å². The summed E-state index contributed by atoms with van der Waals surface area (Å²) in [5.74, 6) is 0. The van der Waals surface area contributed by atoms with E-state index in [1.54, 1.807) is 0 Å². The average molecular weight is 541 g/mol. The minimum Gasteiger partial charge on any atom is -2.00 e. The fourth-order valence-electron chi connectivity index (χ4n) is 0. The first-order valence-corrected chi connectivity index (χ1v) is 0. The Morgan fingerprint density at radius 1 is 0.875 bits per heavy atom. The van der Waals surface area contributed by atoms with Gasteiger partial charge in [-0.3, -0.25) is 0 Å². The molecule has 0 aliphatic rings. The van der Waals surface area contributed by atoms with Gasteiger partial charge in [-0.1, -0.05) is 0 Å². The van der Waals surface area contributed by atoms with Crippen LogP contribution in [-0.2, 0) is 59.2 Å². The molecule has 50 valence electrons. The molecule has 0 saturated heterocycles. The maximum atomic E-state index is 0. The number of hydrogen-bond acceptors (Lipinski definition) is 0. The minimum atomic E-state index is 0. The van der Waals surface area contributed by atoms with Gasteiger partial charge in [0.05, 0.1) is 0 Å². The van der Waals surface area contributed by atoms with E-state index in [9.17, 15) is 0 Å². The Labute approximate surface area is 166 Å². The van der Waals surface area contributed by atoms with Crippen LogP contribution in [0.2, 0.25) is 0 Å². The van der Waals surface area contributed by atoms with Gasteiger partial charge >= 0.3 is 94.4 Å². The first-order chi connectivity index (χ1) is 0. The maximum Gasteiger partial charge on any atom is 2.00 e. The molecule has 0 bridgehead atoms. The van der Waals surface area contributed by atoms with Crippen molar-refractivity contribution in [3.63, 3.8) is 0 Å². The topological polar surface area (TPSA) is 85.5 Å². The van der Waals surface area contributed by atoms with Crippen LogP contribution >= 0.6 is 0 Å². The first-order valence-electron chi connectivity index (χ1n) is 0. The van der Waals surface area contributed by atoms with Gasteiger partial charge in [0, 0.05) is 42.8 Å². The molecule has 0 amide bonds. The van der Waals surface area contributed by atoms with Crippen LogP contribution in [0, 0.1) is 0 Å². The molecule has 0 aromatic carbocycles. The summed E-state index contributed by atoms with van der Waals surface area (Å²) >= 11 is 0. The van der Waals surface area contributed by atoms with Gasteiger partial charge in [0.1, 0.15) is 0 Å². The summed E-state index contributed by atoms with van der Waals surface area (Å²) in [5, 5.41) is 0. The van der Waals surface area contributed by atoms with Crippen LogP contribution in [-0.4, -0.2) is 105 Å². The second-order valence-electron chi connectivity index (χ2n) is 0. The van der Waals surface area contributed by atoms with Gasteiger partial charge in [-0.15, -0.1) is 0 Å². The summed E-state index contributed by atoms with van der Waals surface area (Å²) in [6, 6.07) is 0. The molecule has 3 nitrogen and oxygen atoms in total. The van der Waals surface area contributed by atoms with Crippen LogP contribution in [0.25, 0.3) is 0 Å². The Bertz CT molecular complexity index is 30.3. The summed E-state index contributed by atoms with van der Waals surface area (Å²) in [4.78, 5) is 0. The molecule has 0 N–H and O–H groups in total. The van der Waals surface area contributed by atoms with E-state index >= 15 is 0 Å². The van der Waals surface area contributed by atoms with E-state index in [-0.39, 0.29) is 170 Å². The summed E-state index contributed by atoms with van der Waals surface area (Å²) < 4.78 is 0. The van der Waals surface area contributed by atoms with E-state index in [4.69, 9.17) is 0 Å². The van der Waals surface area contributed by atoms with Gasteiger partial charge in [0.2, 0.25) is 0 Å². The quantitative estimate of drug-likeness (QED) is 0.315. The van der Waals surface area contributed by atoms with Gasteiger partial charge in [-0.05, 0) is 11.0 Å². The zero-order chi connectivity index (χ0) is 0. The van der Waals surface area contributed by atoms with Gasteiger partial charge in [-0.2, -0.15) is 0 Å². The normalized spacial score (nSPS) is 0. The summed E-state index contributed by atoms with van der Waals surface area (Å²) in [6.07, 6.45) is 0. The van der Waals surface area contributed by atoms with Crippen molar-refractivity contribution in [2.75, 3.05) is 0 Å². The van der Waals surface area contributed by atoms with E-state index in [0.29, 0.717) is 0 Å². The van der Waals surface area contributed by atoms with Crippen LogP contribution in [0.3, 0.4) is 0 Å². The molecule has 8 heavy (non-hydrogen) atoms. The molecule has 0 unspecified atom stereocenters. The number of rotatable bonds is 0. The zero-order valence-corrected chi connectivity index (χ0v) is 16.0. The predicted molar refractivity (Wildman–Crippen MR) is 29.3 cm³/mol. The molecule has 0 radical (unpaired) electrons. The number of hydrogen-bond donors (Lipinski definition) is 0. The Hall–Kier alpha value is 4.55. The molecule has 0 atom stereocenters. The summed E-state index contributed by atoms with van der Waals surface area (Å²) in [6.45, 7) is 0. The molecule has 0 aromatic rings. The molecule has 8 heteroatoms. The predicted octanol–water partition coefficient (Wildman–Crippen LogP) is -2.12. The van der Waals surface area contributed by atoms with Crippen LogP contribution in [0.15, 0.2) is 0 Å². The Balaban J connectivity index is 0. The van der Waals surface area contributed by atoms with Crippen molar-refractivity contribution in [3.8, 4) is 0 Å². The van der Waals surface area contributed by atoms with Crippen molar-refractivity contribution in [1.29, 1.82) is 0 Å². The molecule has 0 aliphatic carbocycles. The maximum absolute atomic E-state index is 0. The summed E-state index contributed by atoms with van der Waals surface area (Å²) in [5.41, 5.74) is 0. The molecule has 0 spiro atoms. The fourth-order valence-corrected chi connectivity index (χ4v) is 0. The molecule has 0 rings (SSSR count). The first kappa shape index (κ1) is 80.8. The van der Waals surface area contributed by atoms with Gasteiger partial charge < -0.3 is 22.1 Å². The average Bonchev–Trinajstić information content (AvgIpc) is 0. The molecular formula is H8BaO3SiSrTiW-6. The molecule has 0 aliphatic heterocycles. The van der Waals surface area contributed by atoms with E-state index in [1.807, 2.05) is 0 Å². The SMILES string of the molecule is [Ba+2].[H-].[H-].[H-].[H-].[O-2].[O-2].[O-2].[SiH4].[Sr+2].[Ti].[W]. The third-order valence-corrected chi connectivity index (χ3v) is 0. The second kappa shape index (κ2) is 62.1. The van der Waals surface area contributed by atoms with Crippen molar-refractivity contribution in [2.45, 2.75) is 0 Å². The van der Waals surface area contributed by atoms with Crippen LogP contribution in [0.5, 0.6) is 0 Å². The minimum absolute atomic E-state index is 0. The van der Waals surface area contributed by atoms with E-state index < -0.39 is 0 Å². The zero-order valence-electron chi connectivity index (χ0n) is 7.55. The van der Waals surface area contributed by atoms with E-state index in [0.717, 1.165) is 0 Å². The van der Waals surface area contributed by atoms with E-state index in [2.05, 4.69) is 0 Å². The molecule has 0 saturated carbocycles. The van der Waals surface area contributed by atoms with Gasteiger partial charge in [-0.25, -0.2) is 0 Å². The van der Waals surface area contributed by atoms with Gasteiger partial charge in [0.25, 0.3) is 0 Å². The molecule has 0 aromatic heterocycles. The summed E-state index contributed by atoms with van der Waals surface area (Å²) in [7, 11) is 0. The second-order valence-corrected chi connectivity index (χ2v) is 0.